The van der Waals surface area contributed by atoms with Crippen LogP contribution in [0.3, 0.4) is 0 Å². The van der Waals surface area contributed by atoms with Crippen LogP contribution in [0.25, 0.3) is 0 Å². The summed E-state index contributed by atoms with van der Waals surface area (Å²) in [6.45, 7) is 8.20. The maximum absolute atomic E-state index is 14.2. The standard InChI is InChI=1S/C38H46O14/c1-9-45-27-19-23(20-28(46-10-2)31(27)47-11-3)35(39)50-33-32-29(21-48-38(4,52-32)24-15-13-12-14-16-24)49-37(44-8)34(33)51-36(40)22-17-25(41-5)30(43-7)26(18-22)42-6/h12-20,29,32-34,37H,9-11,21H2,1-8H3/t29-,32-,33+,34-,37+,38?/m1/s1. The van der Waals surface area contributed by atoms with Crippen molar-refractivity contribution in [1.29, 1.82) is 0 Å². The summed E-state index contributed by atoms with van der Waals surface area (Å²) in [5, 5.41) is 0. The highest BCUT2D eigenvalue weighted by Gasteiger charge is 2.56. The molecule has 6 atom stereocenters. The topological polar surface area (TPSA) is 145 Å². The van der Waals surface area contributed by atoms with Gasteiger partial charge in [-0.15, -0.1) is 0 Å². The Morgan fingerprint density at radius 1 is 0.712 bits per heavy atom. The van der Waals surface area contributed by atoms with Crippen LogP contribution in [0.15, 0.2) is 54.6 Å². The molecule has 52 heavy (non-hydrogen) atoms. The third-order valence-electron chi connectivity index (χ3n) is 8.54. The molecule has 0 amide bonds. The number of esters is 2. The molecule has 0 aliphatic carbocycles. The van der Waals surface area contributed by atoms with Crippen LogP contribution in [0.1, 0.15) is 54.0 Å². The number of hydrogen-bond donors (Lipinski definition) is 0. The lowest BCUT2D eigenvalue weighted by molar-refractivity contribution is -0.388. The molecule has 14 nitrogen and oxygen atoms in total. The number of ether oxygens (including phenoxy) is 12. The van der Waals surface area contributed by atoms with Gasteiger partial charge in [-0.25, -0.2) is 9.59 Å². The Morgan fingerprint density at radius 2 is 1.25 bits per heavy atom. The van der Waals surface area contributed by atoms with Crippen molar-refractivity contribution >= 4 is 11.9 Å². The minimum Gasteiger partial charge on any atom is -0.493 e. The Labute approximate surface area is 303 Å². The fourth-order valence-electron chi connectivity index (χ4n) is 6.12. The van der Waals surface area contributed by atoms with Gasteiger partial charge in [-0.3, -0.25) is 0 Å². The fourth-order valence-corrected chi connectivity index (χ4v) is 6.12. The minimum atomic E-state index is -1.33. The molecule has 0 N–H and O–H groups in total. The molecule has 282 valence electrons. The van der Waals surface area contributed by atoms with E-state index in [2.05, 4.69) is 0 Å². The van der Waals surface area contributed by atoms with Gasteiger partial charge < -0.3 is 56.8 Å². The van der Waals surface area contributed by atoms with E-state index in [0.717, 1.165) is 0 Å². The number of hydrogen-bond acceptors (Lipinski definition) is 14. The van der Waals surface area contributed by atoms with Crippen molar-refractivity contribution in [2.75, 3.05) is 54.9 Å². The van der Waals surface area contributed by atoms with E-state index in [4.69, 9.17) is 56.8 Å². The number of fused-ring (bicyclic) bond motifs is 1. The van der Waals surface area contributed by atoms with Gasteiger partial charge in [-0.1, -0.05) is 30.3 Å². The highest BCUT2D eigenvalue weighted by atomic mass is 16.8. The molecule has 0 aromatic heterocycles. The molecule has 3 aromatic rings. The van der Waals surface area contributed by atoms with Crippen molar-refractivity contribution in [3.05, 3.63) is 71.3 Å². The molecule has 2 saturated heterocycles. The van der Waals surface area contributed by atoms with E-state index in [9.17, 15) is 9.59 Å². The Hall–Kier alpha value is -4.76. The number of methoxy groups -OCH3 is 4. The first-order chi connectivity index (χ1) is 25.1. The van der Waals surface area contributed by atoms with Crippen LogP contribution in [0.5, 0.6) is 34.5 Å². The monoisotopic (exact) mass is 726 g/mol. The Morgan fingerprint density at radius 3 is 1.75 bits per heavy atom. The van der Waals surface area contributed by atoms with E-state index in [1.54, 1.807) is 6.92 Å². The predicted octanol–water partition coefficient (Wildman–Crippen LogP) is 5.32. The first kappa shape index (κ1) is 38.5. The van der Waals surface area contributed by atoms with Gasteiger partial charge in [0, 0.05) is 12.7 Å². The van der Waals surface area contributed by atoms with Gasteiger partial charge in [0.2, 0.25) is 11.5 Å². The average Bonchev–Trinajstić information content (AvgIpc) is 3.16. The Bertz CT molecular complexity index is 1630. The molecule has 0 radical (unpaired) electrons. The lowest BCUT2D eigenvalue weighted by Gasteiger charge is -2.50. The second-order valence-electron chi connectivity index (χ2n) is 11.7. The molecular formula is C38H46O14. The molecule has 2 fully saturated rings. The molecule has 14 heteroatoms. The van der Waals surface area contributed by atoms with E-state index in [1.807, 2.05) is 51.1 Å². The largest absolute Gasteiger partial charge is 0.493 e. The molecule has 0 saturated carbocycles. The predicted molar refractivity (Wildman–Crippen MR) is 185 cm³/mol. The van der Waals surface area contributed by atoms with Crippen LogP contribution in [0.2, 0.25) is 0 Å². The van der Waals surface area contributed by atoms with Crippen molar-refractivity contribution in [1.82, 2.24) is 0 Å². The summed E-state index contributed by atoms with van der Waals surface area (Å²) in [6, 6.07) is 15.2. The molecule has 5 rings (SSSR count). The van der Waals surface area contributed by atoms with Crippen LogP contribution >= 0.6 is 0 Å². The number of benzene rings is 3. The van der Waals surface area contributed by atoms with Crippen LogP contribution in [-0.4, -0.2) is 97.5 Å². The highest BCUT2D eigenvalue weighted by molar-refractivity contribution is 5.92. The van der Waals surface area contributed by atoms with Gasteiger partial charge in [-0.05, 0) is 52.0 Å². The zero-order valence-corrected chi connectivity index (χ0v) is 30.6. The summed E-state index contributed by atoms with van der Waals surface area (Å²) < 4.78 is 70.9. The van der Waals surface area contributed by atoms with Crippen LogP contribution in [-0.2, 0) is 34.2 Å². The quantitative estimate of drug-likeness (QED) is 0.186. The van der Waals surface area contributed by atoms with Crippen LogP contribution in [0, 0.1) is 0 Å². The number of carbonyl (C=O) groups is 2. The second-order valence-corrected chi connectivity index (χ2v) is 11.7. The molecule has 2 aliphatic rings. The van der Waals surface area contributed by atoms with E-state index >= 15 is 0 Å². The Balaban J connectivity index is 1.56. The van der Waals surface area contributed by atoms with Crippen molar-refractivity contribution in [2.24, 2.45) is 0 Å². The molecule has 1 unspecified atom stereocenters. The van der Waals surface area contributed by atoms with Crippen LogP contribution in [0.4, 0.5) is 0 Å². The summed E-state index contributed by atoms with van der Waals surface area (Å²) in [7, 11) is 5.70. The summed E-state index contributed by atoms with van der Waals surface area (Å²) in [6.07, 6.45) is -5.58. The number of rotatable bonds is 15. The van der Waals surface area contributed by atoms with Gasteiger partial charge in [-0.2, -0.15) is 0 Å². The van der Waals surface area contributed by atoms with Gasteiger partial charge in [0.05, 0.1) is 58.9 Å². The zero-order chi connectivity index (χ0) is 37.4. The molecule has 3 aromatic carbocycles. The average molecular weight is 727 g/mol. The third kappa shape index (κ3) is 7.99. The smallest absolute Gasteiger partial charge is 0.339 e. The summed E-state index contributed by atoms with van der Waals surface area (Å²) in [4.78, 5) is 28.1. The molecule has 2 aliphatic heterocycles. The molecular weight excluding hydrogens is 680 g/mol. The first-order valence-corrected chi connectivity index (χ1v) is 17.0. The lowest BCUT2D eigenvalue weighted by atomic mass is 9.95. The van der Waals surface area contributed by atoms with Gasteiger partial charge in [0.1, 0.15) is 12.2 Å². The molecule has 2 heterocycles. The van der Waals surface area contributed by atoms with E-state index < -0.39 is 48.4 Å². The maximum atomic E-state index is 14.2. The summed E-state index contributed by atoms with van der Waals surface area (Å²) >= 11 is 0. The van der Waals surface area contributed by atoms with Gasteiger partial charge in [0.25, 0.3) is 0 Å². The highest BCUT2D eigenvalue weighted by Crippen LogP contribution is 2.43. The first-order valence-electron chi connectivity index (χ1n) is 17.0. The van der Waals surface area contributed by atoms with E-state index in [1.165, 1.54) is 52.7 Å². The van der Waals surface area contributed by atoms with Gasteiger partial charge >= 0.3 is 11.9 Å². The summed E-state index contributed by atoms with van der Waals surface area (Å²) in [5.41, 5.74) is 0.875. The van der Waals surface area contributed by atoms with Crippen molar-refractivity contribution in [3.8, 4) is 34.5 Å². The number of carbonyl (C=O) groups excluding carboxylic acids is 2. The second kappa shape index (κ2) is 17.2. The maximum Gasteiger partial charge on any atom is 0.339 e. The third-order valence-corrected chi connectivity index (χ3v) is 8.54. The van der Waals surface area contributed by atoms with E-state index in [0.29, 0.717) is 42.6 Å². The molecule has 0 spiro atoms. The van der Waals surface area contributed by atoms with Gasteiger partial charge in [0.15, 0.2) is 47.3 Å². The van der Waals surface area contributed by atoms with Crippen LogP contribution < -0.4 is 28.4 Å². The zero-order valence-electron chi connectivity index (χ0n) is 30.6. The fraction of sp³-hybridized carbons (Fsp3) is 0.474. The SMILES string of the molecule is CCOc1cc(C(=O)O[C@@H]2[C@@H](OC(=O)c3cc(OC)c(OC)c(OC)c3)[C@@H](OC)O[C@@H]3COC(C)(c4ccccc4)O[C@@H]23)cc(OCC)c1OCC. The van der Waals surface area contributed by atoms with Crippen molar-refractivity contribution in [2.45, 2.75) is 64.2 Å². The minimum absolute atomic E-state index is 0.0452. The van der Waals surface area contributed by atoms with Crippen molar-refractivity contribution < 1.29 is 66.4 Å². The van der Waals surface area contributed by atoms with Crippen molar-refractivity contribution in [3.63, 3.8) is 0 Å². The lowest BCUT2D eigenvalue weighted by Crippen LogP contribution is -2.66. The molecule has 0 bridgehead atoms. The normalized spacial score (nSPS) is 23.8. The summed E-state index contributed by atoms with van der Waals surface area (Å²) in [5.74, 6) is -1.16. The van der Waals surface area contributed by atoms with E-state index in [-0.39, 0.29) is 35.0 Å². The Kier molecular flexibility index (Phi) is 12.7.